The van der Waals surface area contributed by atoms with Crippen molar-refractivity contribution < 1.29 is 22.5 Å². The van der Waals surface area contributed by atoms with E-state index in [1.165, 1.54) is 30.3 Å². The van der Waals surface area contributed by atoms with E-state index in [9.17, 15) is 13.2 Å². The van der Waals surface area contributed by atoms with E-state index in [0.29, 0.717) is 48.7 Å². The molecule has 0 spiro atoms. The smallest absolute Gasteiger partial charge is 0.316 e. The number of carbonyl (C=O) groups excluding carboxylic acids is 1. The number of benzene rings is 2. The summed E-state index contributed by atoms with van der Waals surface area (Å²) in [6, 6.07) is 12.8. The van der Waals surface area contributed by atoms with E-state index in [1.54, 1.807) is 24.0 Å². The van der Waals surface area contributed by atoms with Crippen LogP contribution in [0, 0.1) is 18.3 Å². The van der Waals surface area contributed by atoms with Gasteiger partial charge in [0.2, 0.25) is 5.82 Å². The quantitative estimate of drug-likeness (QED) is 0.620. The van der Waals surface area contributed by atoms with Crippen LogP contribution in [-0.2, 0) is 14.8 Å². The second-order valence-corrected chi connectivity index (χ2v) is 8.75. The number of sulfonamides is 1. The maximum atomic E-state index is 13.0. The molecule has 0 bridgehead atoms. The number of aryl methyl sites for hydroxylation is 1. The highest BCUT2D eigenvalue weighted by Crippen LogP contribution is 2.25. The molecule has 1 aromatic heterocycles. The van der Waals surface area contributed by atoms with Crippen LogP contribution >= 0.6 is 0 Å². The highest BCUT2D eigenvalue weighted by Gasteiger charge is 2.25. The largest absolute Gasteiger partial charge is 0.378 e. The van der Waals surface area contributed by atoms with Gasteiger partial charge in [-0.2, -0.15) is 10.2 Å². The summed E-state index contributed by atoms with van der Waals surface area (Å²) in [4.78, 5) is 18.3. The first-order valence-corrected chi connectivity index (χ1v) is 11.2. The molecule has 0 atom stereocenters. The van der Waals surface area contributed by atoms with Crippen molar-refractivity contribution in [3.05, 3.63) is 59.5 Å². The molecule has 1 aliphatic heterocycles. The molecule has 1 N–H and O–H groups in total. The minimum atomic E-state index is -3.93. The Bertz CT molecular complexity index is 1290. The molecule has 3 aromatic rings. The van der Waals surface area contributed by atoms with E-state index in [1.807, 2.05) is 6.07 Å². The summed E-state index contributed by atoms with van der Waals surface area (Å²) in [5, 5.41) is 12.7. The molecule has 0 radical (unpaired) electrons. The van der Waals surface area contributed by atoms with Crippen molar-refractivity contribution in [1.29, 1.82) is 5.26 Å². The predicted molar refractivity (Wildman–Crippen MR) is 113 cm³/mol. The van der Waals surface area contributed by atoms with Gasteiger partial charge in [0.15, 0.2) is 0 Å². The zero-order valence-corrected chi connectivity index (χ0v) is 17.9. The lowest BCUT2D eigenvalue weighted by Gasteiger charge is -2.25. The van der Waals surface area contributed by atoms with Gasteiger partial charge in [0.1, 0.15) is 0 Å². The third-order valence-corrected chi connectivity index (χ3v) is 6.43. The first kappa shape index (κ1) is 21.5. The van der Waals surface area contributed by atoms with Gasteiger partial charge in [-0.1, -0.05) is 17.3 Å². The molecule has 1 saturated heterocycles. The lowest BCUT2D eigenvalue weighted by Crippen LogP contribution is -2.40. The topological polar surface area (TPSA) is 138 Å². The second-order valence-electron chi connectivity index (χ2n) is 7.10. The van der Waals surface area contributed by atoms with Crippen LogP contribution in [0.1, 0.15) is 21.8 Å². The summed E-state index contributed by atoms with van der Waals surface area (Å²) in [5.74, 6) is -0.450. The van der Waals surface area contributed by atoms with Crippen molar-refractivity contribution in [3.8, 4) is 17.5 Å². The zero-order chi connectivity index (χ0) is 22.7. The van der Waals surface area contributed by atoms with Gasteiger partial charge in [0.25, 0.3) is 10.0 Å². The Hall–Kier alpha value is -3.75. The Labute approximate surface area is 184 Å². The Morgan fingerprint density at radius 3 is 2.56 bits per heavy atom. The molecule has 164 valence electrons. The number of hydrogen-bond donors (Lipinski definition) is 1. The molecule has 1 amide bonds. The van der Waals surface area contributed by atoms with Crippen LogP contribution in [0.2, 0.25) is 0 Å². The molecule has 2 heterocycles. The van der Waals surface area contributed by atoms with Crippen LogP contribution in [0.15, 0.2) is 51.9 Å². The monoisotopic (exact) mass is 453 g/mol. The molecule has 11 heteroatoms. The Balaban J connectivity index is 1.59. The summed E-state index contributed by atoms with van der Waals surface area (Å²) >= 11 is 0. The van der Waals surface area contributed by atoms with E-state index in [2.05, 4.69) is 14.9 Å². The third-order valence-electron chi connectivity index (χ3n) is 4.91. The fourth-order valence-corrected chi connectivity index (χ4v) is 4.51. The number of rotatable bonds is 5. The fourth-order valence-electron chi connectivity index (χ4n) is 3.18. The fraction of sp³-hybridized carbons (Fsp3) is 0.238. The van der Waals surface area contributed by atoms with Gasteiger partial charge in [0.05, 0.1) is 29.7 Å². The average molecular weight is 453 g/mol. The van der Waals surface area contributed by atoms with Gasteiger partial charge in [-0.25, -0.2) is 8.42 Å². The maximum Gasteiger partial charge on any atom is 0.316 e. The molecule has 0 aliphatic carbocycles. The Kier molecular flexibility index (Phi) is 5.89. The maximum absolute atomic E-state index is 13.0. The molecule has 1 fully saturated rings. The Morgan fingerprint density at radius 1 is 1.16 bits per heavy atom. The number of aromatic nitrogens is 2. The van der Waals surface area contributed by atoms with E-state index in [0.717, 1.165) is 0 Å². The molecular weight excluding hydrogens is 434 g/mol. The van der Waals surface area contributed by atoms with Crippen molar-refractivity contribution in [2.75, 3.05) is 31.0 Å². The van der Waals surface area contributed by atoms with Crippen molar-refractivity contribution in [2.45, 2.75) is 11.8 Å². The van der Waals surface area contributed by atoms with E-state index in [-0.39, 0.29) is 16.6 Å². The first-order chi connectivity index (χ1) is 15.4. The molecular formula is C21H19N5O5S. The number of hydrogen-bond acceptors (Lipinski definition) is 8. The SMILES string of the molecule is Cc1ccc(-c2noc(C(=O)N3CCOCC3)n2)cc1S(=O)(=O)Nc1ccc(C#N)cc1. The number of nitrogens with one attached hydrogen (secondary N) is 1. The van der Waals surface area contributed by atoms with E-state index < -0.39 is 15.9 Å². The van der Waals surface area contributed by atoms with Crippen LogP contribution in [0.5, 0.6) is 0 Å². The molecule has 4 rings (SSSR count). The third kappa shape index (κ3) is 4.46. The number of nitriles is 1. The number of carbonyl (C=O) groups is 1. The van der Waals surface area contributed by atoms with Crippen LogP contribution in [-0.4, -0.2) is 55.7 Å². The number of nitrogens with zero attached hydrogens (tertiary/aromatic N) is 4. The summed E-state index contributed by atoms with van der Waals surface area (Å²) in [6.07, 6.45) is 0. The van der Waals surface area contributed by atoms with E-state index in [4.69, 9.17) is 14.5 Å². The lowest BCUT2D eigenvalue weighted by atomic mass is 10.1. The van der Waals surface area contributed by atoms with Crippen molar-refractivity contribution >= 4 is 21.6 Å². The van der Waals surface area contributed by atoms with Crippen LogP contribution in [0.25, 0.3) is 11.4 Å². The molecule has 0 unspecified atom stereocenters. The Morgan fingerprint density at radius 2 is 1.88 bits per heavy atom. The summed E-state index contributed by atoms with van der Waals surface area (Å²) in [5.41, 5.74) is 1.65. The average Bonchev–Trinajstić information content (AvgIpc) is 3.30. The molecule has 32 heavy (non-hydrogen) atoms. The number of morpholine rings is 1. The van der Waals surface area contributed by atoms with Crippen LogP contribution in [0.4, 0.5) is 5.69 Å². The normalized spacial score (nSPS) is 14.1. The number of ether oxygens (including phenoxy) is 1. The molecule has 10 nitrogen and oxygen atoms in total. The standard InChI is InChI=1S/C21H19N5O5S/c1-14-2-5-16(19-23-20(31-24-19)21(27)26-8-10-30-11-9-26)12-18(14)32(28,29)25-17-6-3-15(13-22)4-7-17/h2-7,12,25H,8-11H2,1H3. The van der Waals surface area contributed by atoms with Gasteiger partial charge in [-0.3, -0.25) is 9.52 Å². The van der Waals surface area contributed by atoms with E-state index >= 15 is 0 Å². The zero-order valence-electron chi connectivity index (χ0n) is 17.1. The lowest BCUT2D eigenvalue weighted by molar-refractivity contribution is 0.0272. The van der Waals surface area contributed by atoms with Gasteiger partial charge in [0, 0.05) is 24.3 Å². The second kappa shape index (κ2) is 8.78. The first-order valence-electron chi connectivity index (χ1n) is 9.72. The molecule has 2 aromatic carbocycles. The molecule has 1 aliphatic rings. The van der Waals surface area contributed by atoms with Crippen molar-refractivity contribution in [3.63, 3.8) is 0 Å². The number of anilines is 1. The van der Waals surface area contributed by atoms with Crippen molar-refractivity contribution in [2.24, 2.45) is 0 Å². The highest BCUT2D eigenvalue weighted by molar-refractivity contribution is 7.92. The molecule has 0 saturated carbocycles. The van der Waals surface area contributed by atoms with Gasteiger partial charge >= 0.3 is 11.8 Å². The minimum Gasteiger partial charge on any atom is -0.378 e. The van der Waals surface area contributed by atoms with Gasteiger partial charge in [-0.15, -0.1) is 0 Å². The summed E-state index contributed by atoms with van der Waals surface area (Å²) < 4.78 is 38.8. The summed E-state index contributed by atoms with van der Waals surface area (Å²) in [7, 11) is -3.93. The van der Waals surface area contributed by atoms with Crippen LogP contribution < -0.4 is 4.72 Å². The van der Waals surface area contributed by atoms with Crippen LogP contribution in [0.3, 0.4) is 0 Å². The highest BCUT2D eigenvalue weighted by atomic mass is 32.2. The predicted octanol–water partition coefficient (Wildman–Crippen LogP) is 2.19. The van der Waals surface area contributed by atoms with Gasteiger partial charge in [-0.05, 0) is 42.8 Å². The minimum absolute atomic E-state index is 0.0326. The summed E-state index contributed by atoms with van der Waals surface area (Å²) in [6.45, 7) is 3.42. The number of amides is 1. The van der Waals surface area contributed by atoms with Gasteiger partial charge < -0.3 is 14.2 Å². The van der Waals surface area contributed by atoms with Crippen molar-refractivity contribution in [1.82, 2.24) is 15.0 Å².